The van der Waals surface area contributed by atoms with E-state index >= 15 is 8.78 Å². The molecule has 8 aromatic rings. The first kappa shape index (κ1) is 59.9. The van der Waals surface area contributed by atoms with Crippen molar-refractivity contribution < 1.29 is 69.6 Å². The number of benzene rings is 4. The van der Waals surface area contributed by atoms with Crippen LogP contribution in [0.15, 0.2) is 121 Å². The minimum Gasteiger partial charge on any atom is -0.347 e. The number of phosphoric ester groups is 2. The molecular weight excluding hydrogens is 1120 g/mol. The quantitative estimate of drug-likeness (QED) is 0.0254. The maximum atomic E-state index is 15.4. The summed E-state index contributed by atoms with van der Waals surface area (Å²) in [5.41, 5.74) is -0.427. The average Bonchev–Trinajstić information content (AvgIpc) is 4.28. The smallest absolute Gasteiger partial charge is 0.347 e. The van der Waals surface area contributed by atoms with Gasteiger partial charge < -0.3 is 34.4 Å². The topological polar surface area (TPSA) is 292 Å². The molecule has 0 saturated carbocycles. The molecule has 0 aliphatic heterocycles. The molecule has 4 heterocycles. The highest BCUT2D eigenvalue weighted by atomic mass is 32.1. The number of carbonyl (C=O) groups is 1. The average molecular weight is 1170 g/mol. The van der Waals surface area contributed by atoms with Crippen LogP contribution in [0.5, 0.6) is 0 Å². The number of ether oxygens (including phenoxy) is 2. The summed E-state index contributed by atoms with van der Waals surface area (Å²) < 4.78 is 105. The van der Waals surface area contributed by atoms with E-state index in [4.69, 9.17) is 19.7 Å². The van der Waals surface area contributed by atoms with E-state index in [0.29, 0.717) is 44.7 Å². The Balaban J connectivity index is 0.000000230. The molecule has 21 nitrogen and oxygen atoms in total. The number of aromatic nitrogens is 8. The normalized spacial score (nSPS) is 14.3. The van der Waals surface area contributed by atoms with Crippen LogP contribution in [0.4, 0.5) is 17.6 Å². The highest BCUT2D eigenvalue weighted by Crippen LogP contribution is 2.48. The van der Waals surface area contributed by atoms with Crippen LogP contribution >= 0.6 is 38.3 Å². The highest BCUT2D eigenvalue weighted by molar-refractivity contribution is 7.46. The summed E-state index contributed by atoms with van der Waals surface area (Å²) in [6.45, 7) is 6.86. The molecule has 8 rings (SSSR count). The number of hydrogen-bond donors (Lipinski definition) is 5. The lowest BCUT2D eigenvalue weighted by Crippen LogP contribution is -2.41. The van der Waals surface area contributed by atoms with Crippen molar-refractivity contribution in [3.05, 3.63) is 177 Å². The van der Waals surface area contributed by atoms with Crippen molar-refractivity contribution in [2.75, 3.05) is 13.6 Å². The summed E-state index contributed by atoms with van der Waals surface area (Å²) in [5.74, 6) is -5.26. The predicted octanol–water partition coefficient (Wildman–Crippen LogP) is 9.32. The van der Waals surface area contributed by atoms with Gasteiger partial charge in [0, 0.05) is 68.1 Å². The second kappa shape index (κ2) is 25.1. The zero-order chi connectivity index (χ0) is 57.3. The van der Waals surface area contributed by atoms with E-state index < -0.39 is 81.1 Å². The lowest BCUT2D eigenvalue weighted by Gasteiger charge is -2.38. The van der Waals surface area contributed by atoms with Crippen LogP contribution in [0, 0.1) is 34.6 Å². The number of halogens is 4. The van der Waals surface area contributed by atoms with E-state index in [0.717, 1.165) is 23.3 Å². The van der Waals surface area contributed by atoms with Crippen molar-refractivity contribution in [1.29, 1.82) is 5.26 Å². The van der Waals surface area contributed by atoms with Crippen LogP contribution in [-0.2, 0) is 51.9 Å². The molecule has 0 bridgehead atoms. The summed E-state index contributed by atoms with van der Waals surface area (Å²) in [6.07, 6.45) is 5.24. The van der Waals surface area contributed by atoms with Crippen molar-refractivity contribution in [2.45, 2.75) is 76.3 Å². The van der Waals surface area contributed by atoms with Gasteiger partial charge in [-0.25, -0.2) is 56.0 Å². The van der Waals surface area contributed by atoms with Gasteiger partial charge in [0.25, 0.3) is 5.91 Å². The summed E-state index contributed by atoms with van der Waals surface area (Å²) >= 11 is 2.50. The van der Waals surface area contributed by atoms with Gasteiger partial charge in [0.15, 0.2) is 13.6 Å². The number of nitrogens with zero attached hydrogens (tertiary/aromatic N) is 9. The fraction of sp³-hybridized carbons (Fsp3) is 0.280. The van der Waals surface area contributed by atoms with Gasteiger partial charge >= 0.3 is 15.6 Å². The van der Waals surface area contributed by atoms with Gasteiger partial charge in [0.05, 0.1) is 46.1 Å². The van der Waals surface area contributed by atoms with Crippen LogP contribution in [-0.4, -0.2) is 84.1 Å². The molecule has 0 fully saturated rings. The number of nitrogens with one attached hydrogen (secondary N) is 1. The molecule has 416 valence electrons. The Bertz CT molecular complexity index is 3480. The fourth-order valence-electron chi connectivity index (χ4n) is 8.14. The van der Waals surface area contributed by atoms with Crippen molar-refractivity contribution in [3.8, 4) is 28.6 Å². The van der Waals surface area contributed by atoms with Gasteiger partial charge in [0.1, 0.15) is 59.8 Å². The lowest BCUT2D eigenvalue weighted by atomic mass is 9.81. The standard InChI is InChI=1S/C27H30F2N5O6PS.C23H20F2N5O5PS/c1-17(25-32-23(12-42-25)18-5-7-19(8-6-18)24(35)33-26(2,3)4)27(13-34-15-30-14-31-34,39-16-40-41(36,37)38)21-10-9-20(28)11-22(21)29;1-15(22-29-21(10-37-22)17-4-2-16(9-26)3-5-17)23(11-30-13-27-12-28-30,34-14-35-36(31,32)33)19-7-6-18(24)8-20(19)25/h5-12,14-15,17H,13,16H2,1-4H3,(H,33,35)(H2,36,37,38);2-8,10,12-13,15H,11,14H2,1H3,(H2,31,32,33)/t17-,27+;15-,23+/m00/s1. The van der Waals surface area contributed by atoms with Gasteiger partial charge in [-0.1, -0.05) is 50.2 Å². The first-order valence-corrected chi connectivity index (χ1v) is 28.2. The highest BCUT2D eigenvalue weighted by Gasteiger charge is 2.47. The molecule has 0 radical (unpaired) electrons. The van der Waals surface area contributed by atoms with E-state index in [1.165, 1.54) is 69.5 Å². The molecule has 0 aliphatic rings. The number of carbonyl (C=O) groups excluding carboxylic acids is 1. The number of thiazole rings is 2. The van der Waals surface area contributed by atoms with Gasteiger partial charge in [0.2, 0.25) is 0 Å². The molecule has 29 heteroatoms. The third kappa shape index (κ3) is 15.5. The summed E-state index contributed by atoms with van der Waals surface area (Å²) in [6, 6.07) is 21.6. The molecule has 79 heavy (non-hydrogen) atoms. The molecule has 5 N–H and O–H groups in total. The number of hydrogen-bond acceptors (Lipinski definition) is 16. The number of phosphoric acid groups is 2. The third-order valence-electron chi connectivity index (χ3n) is 12.0. The Morgan fingerprint density at radius 2 is 1.10 bits per heavy atom. The van der Waals surface area contributed by atoms with Crippen LogP contribution in [0.3, 0.4) is 0 Å². The Labute approximate surface area is 457 Å². The molecule has 4 atom stereocenters. The number of nitriles is 1. The lowest BCUT2D eigenvalue weighted by molar-refractivity contribution is -0.141. The molecule has 4 aromatic heterocycles. The predicted molar refractivity (Wildman–Crippen MR) is 278 cm³/mol. The minimum absolute atomic E-state index is 0.0960. The van der Waals surface area contributed by atoms with Crippen molar-refractivity contribution in [1.82, 2.24) is 44.8 Å². The van der Waals surface area contributed by atoms with Gasteiger partial charge in [-0.05, 0) is 57.2 Å². The van der Waals surface area contributed by atoms with Gasteiger partial charge in [-0.15, -0.1) is 22.7 Å². The van der Waals surface area contributed by atoms with Crippen LogP contribution in [0.25, 0.3) is 22.5 Å². The van der Waals surface area contributed by atoms with Crippen LogP contribution < -0.4 is 5.32 Å². The second-order valence-electron chi connectivity index (χ2n) is 18.5. The van der Waals surface area contributed by atoms with E-state index in [1.807, 2.05) is 20.8 Å². The van der Waals surface area contributed by atoms with E-state index in [9.17, 15) is 42.3 Å². The number of amides is 1. The van der Waals surface area contributed by atoms with Gasteiger partial charge in [-0.3, -0.25) is 13.8 Å². The molecule has 1 amide bonds. The van der Waals surface area contributed by atoms with E-state index in [1.54, 1.807) is 73.1 Å². The van der Waals surface area contributed by atoms with Crippen molar-refractivity contribution in [3.63, 3.8) is 0 Å². The van der Waals surface area contributed by atoms with Crippen molar-refractivity contribution >= 4 is 44.2 Å². The minimum atomic E-state index is -4.95. The Hall–Kier alpha value is -6.76. The first-order chi connectivity index (χ1) is 37.3. The van der Waals surface area contributed by atoms with E-state index in [2.05, 4.69) is 45.6 Å². The van der Waals surface area contributed by atoms with Crippen molar-refractivity contribution in [2.24, 2.45) is 0 Å². The molecular formula is C50H50F4N10O11P2S2. The second-order valence-corrected chi connectivity index (χ2v) is 22.8. The Morgan fingerprint density at radius 3 is 1.46 bits per heavy atom. The summed E-state index contributed by atoms with van der Waals surface area (Å²) in [4.78, 5) is 66.6. The molecule has 0 unspecified atom stereocenters. The Morgan fingerprint density at radius 1 is 0.684 bits per heavy atom. The maximum absolute atomic E-state index is 15.4. The summed E-state index contributed by atoms with van der Waals surface area (Å²) in [7, 11) is -9.88. The molecule has 0 spiro atoms. The van der Waals surface area contributed by atoms with Crippen LogP contribution in [0.1, 0.15) is 83.5 Å². The molecule has 0 aliphatic carbocycles. The Kier molecular flexibility index (Phi) is 19.1. The zero-order valence-corrected chi connectivity index (χ0v) is 45.8. The molecule has 0 saturated heterocycles. The monoisotopic (exact) mass is 1170 g/mol. The summed E-state index contributed by atoms with van der Waals surface area (Å²) in [5, 5.41) is 24.6. The number of rotatable bonds is 21. The zero-order valence-electron chi connectivity index (χ0n) is 42.4. The first-order valence-electron chi connectivity index (χ1n) is 23.4. The van der Waals surface area contributed by atoms with Gasteiger partial charge in [-0.2, -0.15) is 15.5 Å². The molecule has 4 aromatic carbocycles. The third-order valence-corrected chi connectivity index (χ3v) is 14.9. The largest absolute Gasteiger partial charge is 0.471 e. The maximum Gasteiger partial charge on any atom is 0.471 e. The fourth-order valence-corrected chi connectivity index (χ4v) is 10.5. The van der Waals surface area contributed by atoms with Crippen LogP contribution in [0.2, 0.25) is 0 Å². The van der Waals surface area contributed by atoms with E-state index in [-0.39, 0.29) is 30.1 Å². The SMILES string of the molecule is C[C@@H](c1nc(-c2ccc(C#N)cc2)cs1)[C@@](Cn1cncn1)(OCOP(=O)(O)O)c1ccc(F)cc1F.C[C@@H](c1nc(-c2ccc(C(=O)NC(C)(C)C)cc2)cs1)[C@@](Cn1cncn1)(OCOP(=O)(O)O)c1ccc(F)cc1F.